The van der Waals surface area contributed by atoms with Crippen molar-refractivity contribution in [3.63, 3.8) is 0 Å². The van der Waals surface area contributed by atoms with Gasteiger partial charge in [-0.1, -0.05) is 6.07 Å². The lowest BCUT2D eigenvalue weighted by Gasteiger charge is -2.31. The van der Waals surface area contributed by atoms with Crippen molar-refractivity contribution >= 4 is 43.4 Å². The van der Waals surface area contributed by atoms with Gasteiger partial charge in [-0.15, -0.1) is 0 Å². The number of primary sulfonamides is 1. The lowest BCUT2D eigenvalue weighted by molar-refractivity contribution is -0.140. The summed E-state index contributed by atoms with van der Waals surface area (Å²) >= 11 is 0. The van der Waals surface area contributed by atoms with Crippen LogP contribution in [0.15, 0.2) is 63.5 Å². The first-order valence-corrected chi connectivity index (χ1v) is 12.7. The molecule has 0 fully saturated rings. The summed E-state index contributed by atoms with van der Waals surface area (Å²) in [5.41, 5.74) is -0.774. The molecule has 0 atom stereocenters. The Kier molecular flexibility index (Phi) is 7.35. The van der Waals surface area contributed by atoms with E-state index in [0.717, 1.165) is 43.4 Å². The van der Waals surface area contributed by atoms with E-state index in [9.17, 15) is 31.5 Å². The third-order valence-corrected chi connectivity index (χ3v) is 7.09. The Morgan fingerprint density at radius 1 is 1.03 bits per heavy atom. The minimum absolute atomic E-state index is 0.0874. The number of esters is 2. The molecule has 1 heterocycles. The van der Waals surface area contributed by atoms with Gasteiger partial charge in [0.2, 0.25) is 10.0 Å². The summed E-state index contributed by atoms with van der Waals surface area (Å²) in [6, 6.07) is 8.02. The lowest BCUT2D eigenvalue weighted by atomic mass is 10.1. The number of hydrogen-bond donors (Lipinski definition) is 3. The molecule has 15 heteroatoms. The minimum atomic E-state index is -4.32. The Labute approximate surface area is 200 Å². The third-order valence-electron chi connectivity index (χ3n) is 4.80. The van der Waals surface area contributed by atoms with Gasteiger partial charge in [0.15, 0.2) is 0 Å². The number of nitrogens with one attached hydrogen (secondary N) is 1. The van der Waals surface area contributed by atoms with Crippen LogP contribution >= 0.6 is 0 Å². The van der Waals surface area contributed by atoms with Crippen molar-refractivity contribution in [3.8, 4) is 5.75 Å². The molecule has 0 aliphatic carbocycles. The van der Waals surface area contributed by atoms with Crippen LogP contribution in [-0.4, -0.2) is 61.4 Å². The summed E-state index contributed by atoms with van der Waals surface area (Å²) in [4.78, 5) is 25.0. The topological polar surface area (TPSA) is 192 Å². The molecule has 1 aliphatic rings. The second-order valence-corrected chi connectivity index (χ2v) is 10.3. The van der Waals surface area contributed by atoms with Gasteiger partial charge < -0.3 is 24.2 Å². The van der Waals surface area contributed by atoms with Crippen molar-refractivity contribution < 1.29 is 45.7 Å². The lowest BCUT2D eigenvalue weighted by Crippen LogP contribution is -2.38. The predicted octanol–water partition coefficient (Wildman–Crippen LogP) is 0.235. The third kappa shape index (κ3) is 5.54. The number of ether oxygens (including phenoxy) is 3. The predicted molar refractivity (Wildman–Crippen MR) is 121 cm³/mol. The van der Waals surface area contributed by atoms with Gasteiger partial charge in [-0.25, -0.2) is 31.6 Å². The van der Waals surface area contributed by atoms with Gasteiger partial charge >= 0.3 is 11.9 Å². The number of phenolic OH excluding ortho intramolecular Hbond substituents is 1. The van der Waals surface area contributed by atoms with Gasteiger partial charge in [-0.2, -0.15) is 0 Å². The average Bonchev–Trinajstić information content (AvgIpc) is 2.82. The van der Waals surface area contributed by atoms with Gasteiger partial charge in [0.05, 0.1) is 47.6 Å². The maximum atomic E-state index is 13.0. The van der Waals surface area contributed by atoms with E-state index in [-0.39, 0.29) is 45.8 Å². The van der Waals surface area contributed by atoms with E-state index < -0.39 is 37.7 Å². The van der Waals surface area contributed by atoms with Crippen LogP contribution in [0.25, 0.3) is 0 Å². The van der Waals surface area contributed by atoms with Crippen LogP contribution < -0.4 is 14.8 Å². The fourth-order valence-electron chi connectivity index (χ4n) is 3.17. The Hall–Kier alpha value is -3.66. The van der Waals surface area contributed by atoms with Gasteiger partial charge in [0, 0.05) is 0 Å². The number of benzene rings is 2. The fourth-order valence-corrected chi connectivity index (χ4v) is 4.80. The van der Waals surface area contributed by atoms with Crippen molar-refractivity contribution in [2.24, 2.45) is 5.14 Å². The van der Waals surface area contributed by atoms with Crippen molar-refractivity contribution in [1.29, 1.82) is 0 Å². The molecule has 1 aliphatic heterocycles. The summed E-state index contributed by atoms with van der Waals surface area (Å²) in [5, 5.41) is 15.5. The molecule has 0 amide bonds. The standard InChI is InChI=1S/C20H21N3O10S2/c1-31-19(25)15-10-33-11-23(18(15)20(26)32-2)16-9-14(6-7-17(16)24)35(29,30)22-12-4-3-5-13(8-12)34(21,27)28/h3-9,22,24H,10-11H2,1-2H3,(H2,21,27,28). The molecule has 0 bridgehead atoms. The molecule has 4 N–H and O–H groups in total. The van der Waals surface area contributed by atoms with E-state index in [1.54, 1.807) is 0 Å². The SMILES string of the molecule is COC(=O)C1=C(C(=O)OC)N(c2cc(S(=O)(=O)Nc3cccc(S(N)(=O)=O)c3)ccc2O)COC1. The Balaban J connectivity index is 2.07. The minimum Gasteiger partial charge on any atom is -0.506 e. The molecular formula is C20H21N3O10S2. The molecule has 0 unspecified atom stereocenters. The van der Waals surface area contributed by atoms with E-state index in [1.807, 2.05) is 0 Å². The number of carbonyl (C=O) groups is 2. The van der Waals surface area contributed by atoms with Crippen LogP contribution in [0.5, 0.6) is 5.75 Å². The second-order valence-electron chi connectivity index (χ2n) is 7.04. The highest BCUT2D eigenvalue weighted by Crippen LogP contribution is 2.35. The molecule has 2 aromatic rings. The van der Waals surface area contributed by atoms with Crippen LogP contribution in [0, 0.1) is 0 Å². The number of nitrogens with two attached hydrogens (primary N) is 1. The van der Waals surface area contributed by atoms with E-state index >= 15 is 0 Å². The Bertz CT molecular complexity index is 1420. The highest BCUT2D eigenvalue weighted by Gasteiger charge is 2.34. The highest BCUT2D eigenvalue weighted by molar-refractivity contribution is 7.92. The summed E-state index contributed by atoms with van der Waals surface area (Å²) in [6.45, 7) is -0.611. The Morgan fingerprint density at radius 2 is 1.71 bits per heavy atom. The van der Waals surface area contributed by atoms with Crippen LogP contribution in [0.4, 0.5) is 11.4 Å². The zero-order valence-electron chi connectivity index (χ0n) is 18.4. The number of nitrogens with zero attached hydrogens (tertiary/aromatic N) is 1. The first-order valence-electron chi connectivity index (χ1n) is 9.63. The molecule has 0 saturated heterocycles. The van der Waals surface area contributed by atoms with Crippen molar-refractivity contribution in [1.82, 2.24) is 0 Å². The number of rotatable bonds is 7. The van der Waals surface area contributed by atoms with Gasteiger partial charge in [0.1, 0.15) is 18.2 Å². The van der Waals surface area contributed by atoms with Gasteiger partial charge in [0.25, 0.3) is 10.0 Å². The zero-order chi connectivity index (χ0) is 26.0. The summed E-state index contributed by atoms with van der Waals surface area (Å²) in [7, 11) is -6.22. The number of methoxy groups -OCH3 is 2. The number of anilines is 2. The molecule has 3 rings (SSSR count). The van der Waals surface area contributed by atoms with Crippen molar-refractivity contribution in [3.05, 3.63) is 53.7 Å². The smallest absolute Gasteiger partial charge is 0.355 e. The summed E-state index contributed by atoms with van der Waals surface area (Å²) in [5.74, 6) is -2.26. The first-order chi connectivity index (χ1) is 16.4. The van der Waals surface area contributed by atoms with Gasteiger partial charge in [-0.05, 0) is 36.4 Å². The number of aromatic hydroxyl groups is 1. The molecule has 188 valence electrons. The normalized spacial score (nSPS) is 14.4. The zero-order valence-corrected chi connectivity index (χ0v) is 20.1. The summed E-state index contributed by atoms with van der Waals surface area (Å²) < 4.78 is 66.1. The number of phenols is 1. The monoisotopic (exact) mass is 527 g/mol. The second kappa shape index (κ2) is 9.91. The average molecular weight is 528 g/mol. The Morgan fingerprint density at radius 3 is 2.34 bits per heavy atom. The van der Waals surface area contributed by atoms with E-state index in [1.165, 1.54) is 18.2 Å². The van der Waals surface area contributed by atoms with Gasteiger partial charge in [-0.3, -0.25) is 4.72 Å². The van der Waals surface area contributed by atoms with Crippen LogP contribution in [0.2, 0.25) is 0 Å². The van der Waals surface area contributed by atoms with Crippen LogP contribution in [-0.2, 0) is 43.8 Å². The molecule has 0 spiro atoms. The molecule has 0 radical (unpaired) electrons. The molecule has 35 heavy (non-hydrogen) atoms. The molecule has 0 aromatic heterocycles. The van der Waals surface area contributed by atoms with E-state index in [0.29, 0.717) is 0 Å². The number of carbonyl (C=O) groups excluding carboxylic acids is 2. The van der Waals surface area contributed by atoms with Crippen LogP contribution in [0.1, 0.15) is 0 Å². The molecule has 0 saturated carbocycles. The maximum Gasteiger partial charge on any atom is 0.355 e. The number of sulfonamides is 2. The van der Waals surface area contributed by atoms with E-state index in [2.05, 4.69) is 9.46 Å². The first kappa shape index (κ1) is 26.0. The van der Waals surface area contributed by atoms with E-state index in [4.69, 9.17) is 14.6 Å². The maximum absolute atomic E-state index is 13.0. The molecular weight excluding hydrogens is 506 g/mol. The molecule has 2 aromatic carbocycles. The largest absolute Gasteiger partial charge is 0.506 e. The fraction of sp³-hybridized carbons (Fsp3) is 0.200. The molecule has 13 nitrogen and oxygen atoms in total. The summed E-state index contributed by atoms with van der Waals surface area (Å²) in [6.07, 6.45) is 0. The quantitative estimate of drug-likeness (QED) is 0.418. The highest BCUT2D eigenvalue weighted by atomic mass is 32.2. The van der Waals surface area contributed by atoms with Crippen LogP contribution in [0.3, 0.4) is 0 Å². The van der Waals surface area contributed by atoms with Crippen molar-refractivity contribution in [2.75, 3.05) is 37.2 Å². The van der Waals surface area contributed by atoms with Crippen molar-refractivity contribution in [2.45, 2.75) is 9.79 Å². The number of hydrogen-bond acceptors (Lipinski definition) is 11.